The molecule has 0 saturated carbocycles. The fourth-order valence-corrected chi connectivity index (χ4v) is 4.57. The minimum Gasteiger partial charge on any atom is -0.379 e. The van der Waals surface area contributed by atoms with Gasteiger partial charge in [0, 0.05) is 39.0 Å². The first-order valence-electron chi connectivity index (χ1n) is 8.83. The number of nitrogens with zero attached hydrogens (tertiary/aromatic N) is 2. The molecule has 2 saturated heterocycles. The van der Waals surface area contributed by atoms with Gasteiger partial charge in [-0.05, 0) is 30.9 Å². The van der Waals surface area contributed by atoms with Crippen molar-refractivity contribution in [3.05, 3.63) is 29.8 Å². The molecule has 0 N–H and O–H groups in total. The highest BCUT2D eigenvalue weighted by Crippen LogP contribution is 2.23. The van der Waals surface area contributed by atoms with Crippen LogP contribution in [0.1, 0.15) is 23.2 Å². The van der Waals surface area contributed by atoms with Crippen LogP contribution in [0.4, 0.5) is 0 Å². The third-order valence-corrected chi connectivity index (χ3v) is 6.10. The van der Waals surface area contributed by atoms with E-state index in [2.05, 4.69) is 4.90 Å². The summed E-state index contributed by atoms with van der Waals surface area (Å²) in [6, 6.07) is 6.50. The van der Waals surface area contributed by atoms with E-state index in [1.165, 1.54) is 6.07 Å². The number of benzene rings is 1. The van der Waals surface area contributed by atoms with Crippen LogP contribution in [0, 0.1) is 5.92 Å². The zero-order valence-electron chi connectivity index (χ0n) is 14.7. The first kappa shape index (κ1) is 18.4. The Morgan fingerprint density at radius 1 is 1.20 bits per heavy atom. The summed E-state index contributed by atoms with van der Waals surface area (Å²) in [4.78, 5) is 17.3. The van der Waals surface area contributed by atoms with Crippen LogP contribution in [-0.4, -0.2) is 76.3 Å². The van der Waals surface area contributed by atoms with E-state index < -0.39 is 9.84 Å². The normalized spacial score (nSPS) is 22.8. The molecule has 0 aliphatic carbocycles. The second kappa shape index (κ2) is 7.85. The number of rotatable bonds is 4. The van der Waals surface area contributed by atoms with Crippen molar-refractivity contribution < 1.29 is 17.9 Å². The van der Waals surface area contributed by atoms with Crippen LogP contribution < -0.4 is 0 Å². The van der Waals surface area contributed by atoms with E-state index in [0.29, 0.717) is 19.0 Å². The molecule has 1 aromatic rings. The molecule has 0 bridgehead atoms. The Hall–Kier alpha value is -1.44. The summed E-state index contributed by atoms with van der Waals surface area (Å²) < 4.78 is 29.3. The van der Waals surface area contributed by atoms with Gasteiger partial charge < -0.3 is 9.64 Å². The maximum atomic E-state index is 12.9. The number of ether oxygens (including phenoxy) is 1. The van der Waals surface area contributed by atoms with E-state index in [4.69, 9.17) is 4.74 Å². The molecule has 2 heterocycles. The van der Waals surface area contributed by atoms with Crippen molar-refractivity contribution in [2.75, 3.05) is 52.2 Å². The Balaban J connectivity index is 1.70. The molecule has 138 valence electrons. The molecule has 25 heavy (non-hydrogen) atoms. The molecule has 0 unspecified atom stereocenters. The van der Waals surface area contributed by atoms with Crippen LogP contribution >= 0.6 is 0 Å². The molecule has 2 aliphatic rings. The molecule has 0 radical (unpaired) electrons. The Labute approximate surface area is 149 Å². The summed E-state index contributed by atoms with van der Waals surface area (Å²) in [7, 11) is -3.42. The monoisotopic (exact) mass is 366 g/mol. The Morgan fingerprint density at radius 3 is 2.64 bits per heavy atom. The van der Waals surface area contributed by atoms with Gasteiger partial charge in [-0.1, -0.05) is 12.1 Å². The van der Waals surface area contributed by atoms with Crippen molar-refractivity contribution >= 4 is 15.7 Å². The quantitative estimate of drug-likeness (QED) is 0.803. The van der Waals surface area contributed by atoms with Gasteiger partial charge in [-0.2, -0.15) is 0 Å². The van der Waals surface area contributed by atoms with Crippen LogP contribution in [0.2, 0.25) is 0 Å². The number of morpholine rings is 1. The lowest BCUT2D eigenvalue weighted by molar-refractivity contribution is 0.0223. The van der Waals surface area contributed by atoms with Crippen LogP contribution in [0.25, 0.3) is 0 Å². The van der Waals surface area contributed by atoms with Gasteiger partial charge in [0.15, 0.2) is 9.84 Å². The number of carbonyl (C=O) groups excluding carboxylic acids is 1. The molecule has 6 nitrogen and oxygen atoms in total. The summed E-state index contributed by atoms with van der Waals surface area (Å²) in [5.41, 5.74) is 0.289. The summed E-state index contributed by atoms with van der Waals surface area (Å²) in [5.74, 6) is 0.258. The highest BCUT2D eigenvalue weighted by Gasteiger charge is 2.28. The van der Waals surface area contributed by atoms with Gasteiger partial charge >= 0.3 is 0 Å². The summed E-state index contributed by atoms with van der Waals surface area (Å²) in [5, 5.41) is 0. The third kappa shape index (κ3) is 4.59. The number of sulfone groups is 1. The zero-order valence-corrected chi connectivity index (χ0v) is 15.5. The van der Waals surface area contributed by atoms with E-state index in [9.17, 15) is 13.2 Å². The first-order chi connectivity index (χ1) is 11.9. The summed E-state index contributed by atoms with van der Waals surface area (Å²) >= 11 is 0. The number of carbonyl (C=O) groups is 1. The van der Waals surface area contributed by atoms with Crippen LogP contribution in [0.5, 0.6) is 0 Å². The van der Waals surface area contributed by atoms with E-state index in [1.54, 1.807) is 18.2 Å². The molecule has 2 fully saturated rings. The molecule has 1 aromatic carbocycles. The number of piperidine rings is 1. The molecule has 1 atom stereocenters. The maximum Gasteiger partial charge on any atom is 0.255 e. The number of hydrogen-bond donors (Lipinski definition) is 0. The van der Waals surface area contributed by atoms with Gasteiger partial charge in [0.05, 0.1) is 23.7 Å². The average molecular weight is 366 g/mol. The minimum absolute atomic E-state index is 0.121. The van der Waals surface area contributed by atoms with Crippen molar-refractivity contribution in [3.8, 4) is 0 Å². The van der Waals surface area contributed by atoms with Crippen molar-refractivity contribution in [2.24, 2.45) is 5.92 Å². The number of amides is 1. The molecule has 7 heteroatoms. The SMILES string of the molecule is CS(=O)(=O)c1ccccc1C(=O)N1CCC[C@H](CN2CCOCC2)C1. The predicted octanol–water partition coefficient (Wildman–Crippen LogP) is 1.27. The zero-order chi connectivity index (χ0) is 17.9. The second-order valence-electron chi connectivity index (χ2n) is 6.94. The highest BCUT2D eigenvalue weighted by molar-refractivity contribution is 7.90. The van der Waals surface area contributed by atoms with E-state index in [0.717, 1.165) is 51.9 Å². The minimum atomic E-state index is -3.42. The van der Waals surface area contributed by atoms with Gasteiger partial charge in [-0.25, -0.2) is 8.42 Å². The topological polar surface area (TPSA) is 66.9 Å². The predicted molar refractivity (Wildman–Crippen MR) is 95.4 cm³/mol. The number of hydrogen-bond acceptors (Lipinski definition) is 5. The van der Waals surface area contributed by atoms with E-state index >= 15 is 0 Å². The Kier molecular flexibility index (Phi) is 5.76. The second-order valence-corrected chi connectivity index (χ2v) is 8.92. The van der Waals surface area contributed by atoms with Gasteiger partial charge in [0.2, 0.25) is 0 Å². The molecule has 0 aromatic heterocycles. The van der Waals surface area contributed by atoms with Crippen molar-refractivity contribution in [1.29, 1.82) is 0 Å². The fourth-order valence-electron chi connectivity index (χ4n) is 3.68. The lowest BCUT2D eigenvalue weighted by atomic mass is 9.96. The first-order valence-corrected chi connectivity index (χ1v) is 10.7. The van der Waals surface area contributed by atoms with Gasteiger partial charge in [0.25, 0.3) is 5.91 Å². The van der Waals surface area contributed by atoms with Crippen LogP contribution in [-0.2, 0) is 14.6 Å². The third-order valence-electron chi connectivity index (χ3n) is 4.94. The van der Waals surface area contributed by atoms with Crippen molar-refractivity contribution in [2.45, 2.75) is 17.7 Å². The molecular formula is C18H26N2O4S. The van der Waals surface area contributed by atoms with E-state index in [-0.39, 0.29) is 16.4 Å². The smallest absolute Gasteiger partial charge is 0.255 e. The van der Waals surface area contributed by atoms with Gasteiger partial charge in [-0.3, -0.25) is 9.69 Å². The molecule has 1 amide bonds. The van der Waals surface area contributed by atoms with Crippen molar-refractivity contribution in [3.63, 3.8) is 0 Å². The largest absolute Gasteiger partial charge is 0.379 e. The lowest BCUT2D eigenvalue weighted by Crippen LogP contribution is -2.46. The highest BCUT2D eigenvalue weighted by atomic mass is 32.2. The molecular weight excluding hydrogens is 340 g/mol. The van der Waals surface area contributed by atoms with Gasteiger partial charge in [-0.15, -0.1) is 0 Å². The van der Waals surface area contributed by atoms with Gasteiger partial charge in [0.1, 0.15) is 0 Å². The molecule has 3 rings (SSSR count). The van der Waals surface area contributed by atoms with E-state index in [1.807, 2.05) is 4.90 Å². The average Bonchev–Trinajstić information content (AvgIpc) is 2.61. The fraction of sp³-hybridized carbons (Fsp3) is 0.611. The van der Waals surface area contributed by atoms with Crippen LogP contribution in [0.15, 0.2) is 29.2 Å². The summed E-state index contributed by atoms with van der Waals surface area (Å²) in [6.07, 6.45) is 3.22. The standard InChI is InChI=1S/C18H26N2O4S/c1-25(22,23)17-7-3-2-6-16(17)18(21)20-8-4-5-15(14-20)13-19-9-11-24-12-10-19/h2-3,6-7,15H,4-5,8-14H2,1H3/t15-/m1/s1. The Morgan fingerprint density at radius 2 is 1.92 bits per heavy atom. The maximum absolute atomic E-state index is 12.9. The summed E-state index contributed by atoms with van der Waals surface area (Å²) in [6.45, 7) is 5.79. The molecule has 0 spiro atoms. The van der Waals surface area contributed by atoms with Crippen molar-refractivity contribution in [1.82, 2.24) is 9.80 Å². The Bertz CT molecular complexity index is 714. The number of likely N-dealkylation sites (tertiary alicyclic amines) is 1. The van der Waals surface area contributed by atoms with Crippen LogP contribution in [0.3, 0.4) is 0 Å². The lowest BCUT2D eigenvalue weighted by Gasteiger charge is -2.37. The molecule has 2 aliphatic heterocycles.